The Labute approximate surface area is 67.5 Å². The van der Waals surface area contributed by atoms with E-state index in [-0.39, 0.29) is 6.54 Å². The van der Waals surface area contributed by atoms with Crippen LogP contribution < -0.4 is 5.73 Å². The summed E-state index contributed by atoms with van der Waals surface area (Å²) >= 11 is 0. The van der Waals surface area contributed by atoms with E-state index in [0.717, 1.165) is 0 Å². The van der Waals surface area contributed by atoms with E-state index in [4.69, 9.17) is 10.3 Å². The minimum absolute atomic E-state index is 0.0289. The van der Waals surface area contributed by atoms with Crippen molar-refractivity contribution >= 4 is 10.1 Å². The molecule has 0 atom stereocenters. The van der Waals surface area contributed by atoms with Gasteiger partial charge in [0, 0.05) is 6.54 Å². The van der Waals surface area contributed by atoms with Crippen LogP contribution in [0.5, 0.6) is 0 Å². The fraction of sp³-hybridized carbons (Fsp3) is 1.00. The average Bonchev–Trinajstić information content (AvgIpc) is 1.90. The maximum Gasteiger partial charge on any atom is 0.271 e. The third kappa shape index (κ3) is 1.91. The summed E-state index contributed by atoms with van der Waals surface area (Å²) in [5.74, 6) is 0. The van der Waals surface area contributed by atoms with E-state index in [9.17, 15) is 8.42 Å². The van der Waals surface area contributed by atoms with E-state index < -0.39 is 14.9 Å². The Kier molecular flexibility index (Phi) is 3.47. The Morgan fingerprint density at radius 2 is 1.73 bits per heavy atom. The molecule has 68 valence electrons. The second kappa shape index (κ2) is 3.51. The van der Waals surface area contributed by atoms with Crippen molar-refractivity contribution in [1.29, 1.82) is 0 Å². The fourth-order valence-electron chi connectivity index (χ4n) is 1.01. The topological polar surface area (TPSA) is 80.4 Å². The molecule has 11 heavy (non-hydrogen) atoms. The lowest BCUT2D eigenvalue weighted by molar-refractivity contribution is 0.408. The van der Waals surface area contributed by atoms with Crippen LogP contribution in [0.4, 0.5) is 0 Å². The molecule has 0 bridgehead atoms. The van der Waals surface area contributed by atoms with E-state index in [1.807, 2.05) is 0 Å². The van der Waals surface area contributed by atoms with Crippen molar-refractivity contribution in [3.05, 3.63) is 0 Å². The zero-order chi connectivity index (χ0) is 9.12. The Bertz CT molecular complexity index is 198. The molecule has 0 aromatic heterocycles. The van der Waals surface area contributed by atoms with Crippen molar-refractivity contribution in [2.45, 2.75) is 31.4 Å². The third-order valence-electron chi connectivity index (χ3n) is 2.21. The van der Waals surface area contributed by atoms with Gasteiger partial charge in [0.1, 0.15) is 4.75 Å². The fourth-order valence-corrected chi connectivity index (χ4v) is 1.95. The Hall–Kier alpha value is -0.130. The summed E-state index contributed by atoms with van der Waals surface area (Å²) in [6.07, 6.45) is 0.692. The smallest absolute Gasteiger partial charge is 0.271 e. The second-order valence-electron chi connectivity index (χ2n) is 2.57. The van der Waals surface area contributed by atoms with Crippen LogP contribution in [0, 0.1) is 0 Å². The Morgan fingerprint density at radius 3 is 1.73 bits per heavy atom. The zero-order valence-corrected chi connectivity index (χ0v) is 7.69. The highest BCUT2D eigenvalue weighted by molar-refractivity contribution is 7.87. The van der Waals surface area contributed by atoms with E-state index in [1.54, 1.807) is 13.8 Å². The summed E-state index contributed by atoms with van der Waals surface area (Å²) in [6.45, 7) is 3.37. The predicted octanol–water partition coefficient (Wildman–Crippen LogP) is 0.392. The van der Waals surface area contributed by atoms with Gasteiger partial charge in [-0.3, -0.25) is 4.55 Å². The molecule has 0 saturated carbocycles. The van der Waals surface area contributed by atoms with Gasteiger partial charge in [-0.15, -0.1) is 0 Å². The molecular weight excluding hydrogens is 166 g/mol. The third-order valence-corrected chi connectivity index (χ3v) is 4.05. The molecule has 0 rings (SSSR count). The first-order valence-corrected chi connectivity index (χ1v) is 5.04. The quantitative estimate of drug-likeness (QED) is 0.615. The monoisotopic (exact) mass is 181 g/mol. The molecule has 0 amide bonds. The molecule has 3 N–H and O–H groups in total. The molecule has 0 saturated heterocycles. The Balaban J connectivity index is 4.86. The lowest BCUT2D eigenvalue weighted by atomic mass is 10.0. The molecule has 0 spiro atoms. The van der Waals surface area contributed by atoms with Crippen LogP contribution in [-0.2, 0) is 10.1 Å². The van der Waals surface area contributed by atoms with Crippen LogP contribution >= 0.6 is 0 Å². The van der Waals surface area contributed by atoms with Gasteiger partial charge in [0.2, 0.25) is 0 Å². The second-order valence-corrected chi connectivity index (χ2v) is 4.39. The van der Waals surface area contributed by atoms with Gasteiger partial charge in [0.15, 0.2) is 0 Å². The largest absolute Gasteiger partial charge is 0.329 e. The molecule has 0 heterocycles. The molecule has 0 fully saturated rings. The molecule has 0 radical (unpaired) electrons. The summed E-state index contributed by atoms with van der Waals surface area (Å²) in [5.41, 5.74) is 5.28. The number of hydrogen-bond acceptors (Lipinski definition) is 3. The molecule has 0 aliphatic heterocycles. The van der Waals surface area contributed by atoms with Gasteiger partial charge in [0.05, 0.1) is 0 Å². The van der Waals surface area contributed by atoms with Crippen LogP contribution in [0.15, 0.2) is 0 Å². The summed E-state index contributed by atoms with van der Waals surface area (Å²) in [7, 11) is -4.00. The standard InChI is InChI=1S/C6H15NO3S/c1-3-6(4-2,5-7)11(8,9)10/h3-5,7H2,1-2H3,(H,8,9,10). The maximum absolute atomic E-state index is 10.8. The minimum atomic E-state index is -4.00. The predicted molar refractivity (Wildman–Crippen MR) is 43.9 cm³/mol. The number of nitrogens with two attached hydrogens (primary N) is 1. The molecule has 0 aromatic rings. The molecule has 0 aromatic carbocycles. The number of hydrogen-bond donors (Lipinski definition) is 2. The first-order chi connectivity index (χ1) is 4.93. The van der Waals surface area contributed by atoms with Crippen LogP contribution in [-0.4, -0.2) is 24.3 Å². The molecular formula is C6H15NO3S. The van der Waals surface area contributed by atoms with Gasteiger partial charge in [-0.25, -0.2) is 0 Å². The van der Waals surface area contributed by atoms with Gasteiger partial charge in [-0.05, 0) is 12.8 Å². The summed E-state index contributed by atoms with van der Waals surface area (Å²) in [5, 5.41) is 0. The SMILES string of the molecule is CCC(CC)(CN)S(=O)(=O)O. The highest BCUT2D eigenvalue weighted by Gasteiger charge is 2.37. The summed E-state index contributed by atoms with van der Waals surface area (Å²) in [4.78, 5) is 0. The van der Waals surface area contributed by atoms with Crippen molar-refractivity contribution < 1.29 is 13.0 Å². The molecule has 5 heteroatoms. The molecule has 0 unspecified atom stereocenters. The van der Waals surface area contributed by atoms with Crippen molar-refractivity contribution in [3.63, 3.8) is 0 Å². The van der Waals surface area contributed by atoms with Crippen molar-refractivity contribution in [2.24, 2.45) is 5.73 Å². The van der Waals surface area contributed by atoms with Gasteiger partial charge in [-0.1, -0.05) is 13.8 Å². The first-order valence-electron chi connectivity index (χ1n) is 3.60. The average molecular weight is 181 g/mol. The van der Waals surface area contributed by atoms with Gasteiger partial charge in [0.25, 0.3) is 10.1 Å². The highest BCUT2D eigenvalue weighted by atomic mass is 32.2. The van der Waals surface area contributed by atoms with Gasteiger partial charge in [-0.2, -0.15) is 8.42 Å². The molecule has 0 aliphatic rings. The minimum Gasteiger partial charge on any atom is -0.329 e. The molecule has 4 nitrogen and oxygen atoms in total. The van der Waals surface area contributed by atoms with Crippen LogP contribution in [0.3, 0.4) is 0 Å². The van der Waals surface area contributed by atoms with Crippen LogP contribution in [0.1, 0.15) is 26.7 Å². The lowest BCUT2D eigenvalue weighted by Gasteiger charge is -2.25. The maximum atomic E-state index is 10.8. The van der Waals surface area contributed by atoms with Crippen molar-refractivity contribution in [2.75, 3.05) is 6.54 Å². The van der Waals surface area contributed by atoms with Gasteiger partial charge >= 0.3 is 0 Å². The summed E-state index contributed by atoms with van der Waals surface area (Å²) in [6, 6.07) is 0. The molecule has 0 aliphatic carbocycles. The van der Waals surface area contributed by atoms with E-state index in [0.29, 0.717) is 12.8 Å². The van der Waals surface area contributed by atoms with Crippen LogP contribution in [0.25, 0.3) is 0 Å². The van der Waals surface area contributed by atoms with Gasteiger partial charge < -0.3 is 5.73 Å². The Morgan fingerprint density at radius 1 is 1.36 bits per heavy atom. The number of rotatable bonds is 4. The normalized spacial score (nSPS) is 13.5. The van der Waals surface area contributed by atoms with E-state index >= 15 is 0 Å². The highest BCUT2D eigenvalue weighted by Crippen LogP contribution is 2.23. The lowest BCUT2D eigenvalue weighted by Crippen LogP contribution is -2.44. The van der Waals surface area contributed by atoms with Crippen molar-refractivity contribution in [3.8, 4) is 0 Å². The van der Waals surface area contributed by atoms with E-state index in [1.165, 1.54) is 0 Å². The van der Waals surface area contributed by atoms with Crippen LogP contribution in [0.2, 0.25) is 0 Å². The van der Waals surface area contributed by atoms with E-state index in [2.05, 4.69) is 0 Å². The summed E-state index contributed by atoms with van der Waals surface area (Å²) < 4.78 is 29.3. The first kappa shape index (κ1) is 10.9. The van der Waals surface area contributed by atoms with Crippen molar-refractivity contribution in [1.82, 2.24) is 0 Å². The zero-order valence-electron chi connectivity index (χ0n) is 6.87.